The summed E-state index contributed by atoms with van der Waals surface area (Å²) in [5, 5.41) is 3.47. The van der Waals surface area contributed by atoms with E-state index in [1.807, 2.05) is 31.2 Å². The zero-order valence-corrected chi connectivity index (χ0v) is 16.9. The first-order chi connectivity index (χ1) is 13.9. The second-order valence-corrected chi connectivity index (χ2v) is 8.12. The maximum atomic E-state index is 13.1. The first-order valence-electron chi connectivity index (χ1n) is 9.62. The van der Waals surface area contributed by atoms with Crippen molar-refractivity contribution in [3.8, 4) is 0 Å². The van der Waals surface area contributed by atoms with Gasteiger partial charge in [-0.25, -0.2) is 4.79 Å². The lowest BCUT2D eigenvalue weighted by atomic mass is 9.87. The Balaban J connectivity index is 1.43. The number of rotatable bonds is 3. The lowest BCUT2D eigenvalue weighted by Crippen LogP contribution is -2.55. The summed E-state index contributed by atoms with van der Waals surface area (Å²) in [6, 6.07) is 14.2. The van der Waals surface area contributed by atoms with Crippen molar-refractivity contribution in [3.63, 3.8) is 0 Å². The van der Waals surface area contributed by atoms with Gasteiger partial charge in [0.15, 0.2) is 0 Å². The number of benzene rings is 2. The van der Waals surface area contributed by atoms with E-state index in [1.165, 1.54) is 4.90 Å². The second kappa shape index (κ2) is 7.52. The zero-order valence-electron chi connectivity index (χ0n) is 16.2. The van der Waals surface area contributed by atoms with Crippen LogP contribution in [0.3, 0.4) is 0 Å². The van der Waals surface area contributed by atoms with Crippen LogP contribution in [0, 0.1) is 6.92 Å². The SMILES string of the molecule is Cc1ccc(CN2C(=O)NC3(CCN(C(=O)c4ccc(Cl)cc4)CC3)C2=O)cc1. The number of halogens is 1. The number of imide groups is 1. The topological polar surface area (TPSA) is 69.7 Å². The highest BCUT2D eigenvalue weighted by atomic mass is 35.5. The van der Waals surface area contributed by atoms with E-state index in [4.69, 9.17) is 11.6 Å². The van der Waals surface area contributed by atoms with Gasteiger partial charge in [-0.3, -0.25) is 14.5 Å². The van der Waals surface area contributed by atoms with E-state index in [0.29, 0.717) is 36.5 Å². The number of hydrogen-bond donors (Lipinski definition) is 1. The van der Waals surface area contributed by atoms with Crippen LogP contribution in [0.25, 0.3) is 0 Å². The molecule has 2 aromatic rings. The average Bonchev–Trinajstić information content (AvgIpc) is 2.94. The molecule has 0 unspecified atom stereocenters. The standard InChI is InChI=1S/C22H22ClN3O3/c1-15-2-4-16(5-3-15)14-26-20(28)22(24-21(26)29)10-12-25(13-11-22)19(27)17-6-8-18(23)9-7-17/h2-9H,10-14H2,1H3,(H,24,29). The van der Waals surface area contributed by atoms with Crippen molar-refractivity contribution in [2.75, 3.05) is 13.1 Å². The lowest BCUT2D eigenvalue weighted by Gasteiger charge is -2.37. The van der Waals surface area contributed by atoms with Gasteiger partial charge in [-0.2, -0.15) is 0 Å². The molecule has 1 N–H and O–H groups in total. The molecule has 6 nitrogen and oxygen atoms in total. The summed E-state index contributed by atoms with van der Waals surface area (Å²) in [6.07, 6.45) is 0.808. The highest BCUT2D eigenvalue weighted by Gasteiger charge is 2.52. The van der Waals surface area contributed by atoms with Crippen LogP contribution in [0.15, 0.2) is 48.5 Å². The van der Waals surface area contributed by atoms with Crippen LogP contribution in [0.5, 0.6) is 0 Å². The number of carbonyl (C=O) groups excluding carboxylic acids is 3. The first-order valence-corrected chi connectivity index (χ1v) is 10.0. The van der Waals surface area contributed by atoms with E-state index < -0.39 is 5.54 Å². The van der Waals surface area contributed by atoms with Gasteiger partial charge in [-0.1, -0.05) is 41.4 Å². The molecule has 29 heavy (non-hydrogen) atoms. The second-order valence-electron chi connectivity index (χ2n) is 7.69. The first kappa shape index (κ1) is 19.5. The maximum Gasteiger partial charge on any atom is 0.325 e. The Morgan fingerprint density at radius 2 is 1.66 bits per heavy atom. The number of amides is 4. The van der Waals surface area contributed by atoms with Gasteiger partial charge in [-0.05, 0) is 49.6 Å². The molecule has 7 heteroatoms. The molecule has 0 saturated carbocycles. The monoisotopic (exact) mass is 411 g/mol. The Bertz CT molecular complexity index is 948. The van der Waals surface area contributed by atoms with Crippen molar-refractivity contribution < 1.29 is 14.4 Å². The van der Waals surface area contributed by atoms with E-state index in [1.54, 1.807) is 29.2 Å². The van der Waals surface area contributed by atoms with Crippen LogP contribution in [0.4, 0.5) is 4.79 Å². The number of likely N-dealkylation sites (tertiary alicyclic amines) is 1. The minimum atomic E-state index is -0.918. The predicted octanol–water partition coefficient (Wildman–Crippen LogP) is 3.38. The van der Waals surface area contributed by atoms with Crippen LogP contribution in [-0.2, 0) is 11.3 Å². The van der Waals surface area contributed by atoms with Crippen molar-refractivity contribution in [1.82, 2.24) is 15.1 Å². The van der Waals surface area contributed by atoms with E-state index in [2.05, 4.69) is 5.32 Å². The fourth-order valence-electron chi connectivity index (χ4n) is 3.90. The normalized spacial score (nSPS) is 18.3. The molecule has 2 aliphatic heterocycles. The molecule has 0 aromatic heterocycles. The third-order valence-electron chi connectivity index (χ3n) is 5.70. The number of carbonyl (C=O) groups is 3. The van der Waals surface area contributed by atoms with Crippen LogP contribution in [0.2, 0.25) is 5.02 Å². The summed E-state index contributed by atoms with van der Waals surface area (Å²) >= 11 is 5.89. The summed E-state index contributed by atoms with van der Waals surface area (Å²) in [5.74, 6) is -0.300. The number of nitrogens with zero attached hydrogens (tertiary/aromatic N) is 2. The molecule has 2 aromatic carbocycles. The quantitative estimate of drug-likeness (QED) is 0.787. The van der Waals surface area contributed by atoms with Gasteiger partial charge in [0.25, 0.3) is 11.8 Å². The number of aryl methyl sites for hydroxylation is 1. The smallest absolute Gasteiger partial charge is 0.325 e. The summed E-state index contributed by atoms with van der Waals surface area (Å²) in [6.45, 7) is 3.06. The Kier molecular flexibility index (Phi) is 5.04. The van der Waals surface area contributed by atoms with Gasteiger partial charge in [-0.15, -0.1) is 0 Å². The molecule has 0 radical (unpaired) electrons. The molecule has 4 amide bonds. The minimum absolute atomic E-state index is 0.0928. The van der Waals surface area contributed by atoms with Gasteiger partial charge in [0.1, 0.15) is 5.54 Å². The minimum Gasteiger partial charge on any atom is -0.338 e. The molecule has 0 aliphatic carbocycles. The van der Waals surface area contributed by atoms with E-state index in [9.17, 15) is 14.4 Å². The third-order valence-corrected chi connectivity index (χ3v) is 5.95. The van der Waals surface area contributed by atoms with Crippen LogP contribution >= 0.6 is 11.6 Å². The molecular weight excluding hydrogens is 390 g/mol. The maximum absolute atomic E-state index is 13.1. The van der Waals surface area contributed by atoms with E-state index in [-0.39, 0.29) is 24.4 Å². The van der Waals surface area contributed by atoms with Crippen molar-refractivity contribution >= 4 is 29.4 Å². The summed E-state index contributed by atoms with van der Waals surface area (Å²) in [7, 11) is 0. The van der Waals surface area contributed by atoms with Crippen molar-refractivity contribution in [2.45, 2.75) is 31.8 Å². The van der Waals surface area contributed by atoms with Crippen LogP contribution in [0.1, 0.15) is 34.3 Å². The van der Waals surface area contributed by atoms with Crippen LogP contribution < -0.4 is 5.32 Å². The molecule has 2 saturated heterocycles. The molecule has 4 rings (SSSR count). The molecule has 0 bridgehead atoms. The summed E-state index contributed by atoms with van der Waals surface area (Å²) < 4.78 is 0. The molecule has 1 spiro atoms. The molecule has 2 aliphatic rings. The Morgan fingerprint density at radius 3 is 2.28 bits per heavy atom. The van der Waals surface area contributed by atoms with Gasteiger partial charge in [0.05, 0.1) is 6.54 Å². The summed E-state index contributed by atoms with van der Waals surface area (Å²) in [5.41, 5.74) is 1.68. The molecule has 2 heterocycles. The van der Waals surface area contributed by atoms with Crippen molar-refractivity contribution in [3.05, 3.63) is 70.2 Å². The Morgan fingerprint density at radius 1 is 1.03 bits per heavy atom. The van der Waals surface area contributed by atoms with Crippen LogP contribution in [-0.4, -0.2) is 46.3 Å². The Labute approximate surface area is 174 Å². The molecule has 150 valence electrons. The van der Waals surface area contributed by atoms with Crippen molar-refractivity contribution in [1.29, 1.82) is 0 Å². The number of piperidine rings is 1. The molecule has 2 fully saturated rings. The van der Waals surface area contributed by atoms with Gasteiger partial charge in [0, 0.05) is 23.7 Å². The fourth-order valence-corrected chi connectivity index (χ4v) is 4.03. The molecule has 0 atom stereocenters. The number of hydrogen-bond acceptors (Lipinski definition) is 3. The zero-order chi connectivity index (χ0) is 20.6. The Hall–Kier alpha value is -2.86. The van der Waals surface area contributed by atoms with Gasteiger partial charge >= 0.3 is 6.03 Å². The lowest BCUT2D eigenvalue weighted by molar-refractivity contribution is -0.133. The average molecular weight is 412 g/mol. The number of nitrogens with one attached hydrogen (secondary N) is 1. The fraction of sp³-hybridized carbons (Fsp3) is 0.318. The highest BCUT2D eigenvalue weighted by molar-refractivity contribution is 6.30. The van der Waals surface area contributed by atoms with E-state index in [0.717, 1.165) is 11.1 Å². The van der Waals surface area contributed by atoms with Gasteiger partial charge in [0.2, 0.25) is 0 Å². The predicted molar refractivity (Wildman–Crippen MR) is 110 cm³/mol. The largest absolute Gasteiger partial charge is 0.338 e. The third kappa shape index (κ3) is 3.72. The van der Waals surface area contributed by atoms with Crippen molar-refractivity contribution in [2.24, 2.45) is 0 Å². The number of urea groups is 1. The highest BCUT2D eigenvalue weighted by Crippen LogP contribution is 2.31. The van der Waals surface area contributed by atoms with Gasteiger partial charge < -0.3 is 10.2 Å². The summed E-state index contributed by atoms with van der Waals surface area (Å²) in [4.78, 5) is 41.3. The van der Waals surface area contributed by atoms with E-state index >= 15 is 0 Å². The molecular formula is C22H22ClN3O3.